The fourth-order valence-corrected chi connectivity index (χ4v) is 2.58. The first kappa shape index (κ1) is 15.2. The molecule has 4 aromatic heterocycles. The number of pyridine rings is 2. The summed E-state index contributed by atoms with van der Waals surface area (Å²) in [7, 11) is 0. The van der Waals surface area contributed by atoms with Crippen molar-refractivity contribution in [2.45, 2.75) is 13.8 Å². The molecular weight excluding hydrogens is 319 g/mol. The third-order valence-electron chi connectivity index (χ3n) is 3.80. The maximum atomic E-state index is 14.1. The molecule has 0 aliphatic rings. The predicted molar refractivity (Wildman–Crippen MR) is 93.2 cm³/mol. The van der Waals surface area contributed by atoms with Crippen LogP contribution in [0.5, 0.6) is 0 Å². The van der Waals surface area contributed by atoms with Gasteiger partial charge >= 0.3 is 0 Å². The van der Waals surface area contributed by atoms with Crippen molar-refractivity contribution in [1.29, 1.82) is 0 Å². The topological polar surface area (TPSA) is 68.0 Å². The molecule has 0 saturated heterocycles. The lowest BCUT2D eigenvalue weighted by molar-refractivity contribution is 0.624. The second kappa shape index (κ2) is 5.94. The van der Waals surface area contributed by atoms with E-state index in [1.54, 1.807) is 29.2 Å². The van der Waals surface area contributed by atoms with Crippen LogP contribution >= 0.6 is 0 Å². The Morgan fingerprint density at radius 2 is 1.76 bits per heavy atom. The maximum Gasteiger partial charge on any atom is 0.154 e. The third-order valence-corrected chi connectivity index (χ3v) is 3.80. The van der Waals surface area contributed by atoms with Gasteiger partial charge in [-0.1, -0.05) is 0 Å². The van der Waals surface area contributed by atoms with Gasteiger partial charge in [0.15, 0.2) is 5.82 Å². The van der Waals surface area contributed by atoms with Crippen LogP contribution in [0.4, 0.5) is 16.0 Å². The first-order valence-electron chi connectivity index (χ1n) is 7.76. The zero-order valence-corrected chi connectivity index (χ0v) is 13.7. The number of halogens is 1. The number of nitrogens with zero attached hydrogens (tertiary/aromatic N) is 5. The molecule has 0 aliphatic carbocycles. The van der Waals surface area contributed by atoms with Crippen LogP contribution in [0.25, 0.3) is 16.6 Å². The molecule has 0 fully saturated rings. The molecule has 0 saturated carbocycles. The van der Waals surface area contributed by atoms with Crippen LogP contribution in [0, 0.1) is 19.7 Å². The third kappa shape index (κ3) is 3.03. The molecule has 124 valence electrons. The highest BCUT2D eigenvalue weighted by Gasteiger charge is 2.09. The van der Waals surface area contributed by atoms with Gasteiger partial charge in [0.05, 0.1) is 29.8 Å². The highest BCUT2D eigenvalue weighted by molar-refractivity contribution is 5.71. The molecule has 0 radical (unpaired) electrons. The van der Waals surface area contributed by atoms with Crippen LogP contribution in [0.3, 0.4) is 0 Å². The van der Waals surface area contributed by atoms with E-state index < -0.39 is 0 Å². The number of aromatic nitrogens is 5. The van der Waals surface area contributed by atoms with E-state index in [0.717, 1.165) is 22.5 Å². The van der Waals surface area contributed by atoms with Crippen LogP contribution in [-0.2, 0) is 0 Å². The molecular formula is C18H15FN6. The van der Waals surface area contributed by atoms with Gasteiger partial charge < -0.3 is 5.32 Å². The van der Waals surface area contributed by atoms with Gasteiger partial charge in [-0.05, 0) is 37.6 Å². The van der Waals surface area contributed by atoms with Gasteiger partial charge in [-0.15, -0.1) is 0 Å². The van der Waals surface area contributed by atoms with Crippen LogP contribution < -0.4 is 5.32 Å². The summed E-state index contributed by atoms with van der Waals surface area (Å²) in [6, 6.07) is 7.32. The van der Waals surface area contributed by atoms with Gasteiger partial charge in [-0.2, -0.15) is 5.10 Å². The summed E-state index contributed by atoms with van der Waals surface area (Å²) in [6.45, 7) is 3.72. The second-order valence-electron chi connectivity index (χ2n) is 5.79. The summed E-state index contributed by atoms with van der Waals surface area (Å²) < 4.78 is 15.8. The summed E-state index contributed by atoms with van der Waals surface area (Å²) in [5.74, 6) is 0.912. The Hall–Kier alpha value is -3.35. The molecule has 4 rings (SSSR count). The molecule has 6 nitrogen and oxygen atoms in total. The van der Waals surface area contributed by atoms with E-state index in [4.69, 9.17) is 0 Å². The van der Waals surface area contributed by atoms with Crippen LogP contribution in [-0.4, -0.2) is 24.6 Å². The van der Waals surface area contributed by atoms with Gasteiger partial charge in [0.2, 0.25) is 0 Å². The molecule has 0 bridgehead atoms. The fourth-order valence-electron chi connectivity index (χ4n) is 2.58. The fraction of sp³-hybridized carbons (Fsp3) is 0.111. The minimum Gasteiger partial charge on any atom is -0.322 e. The summed E-state index contributed by atoms with van der Waals surface area (Å²) in [5, 5.41) is 7.55. The molecule has 0 aromatic carbocycles. The molecule has 7 heteroatoms. The number of rotatable bonds is 3. The quantitative estimate of drug-likeness (QED) is 0.619. The SMILES string of the molecule is Cc1cnc(Nc2cc3cc(-c4cc(C)ncc4F)ccn3n2)cn1. The normalized spacial score (nSPS) is 11.0. The van der Waals surface area contributed by atoms with Crippen molar-refractivity contribution >= 4 is 17.2 Å². The summed E-state index contributed by atoms with van der Waals surface area (Å²) >= 11 is 0. The van der Waals surface area contributed by atoms with Crippen molar-refractivity contribution in [2.75, 3.05) is 5.32 Å². The lowest BCUT2D eigenvalue weighted by Gasteiger charge is -2.04. The van der Waals surface area contributed by atoms with E-state index in [-0.39, 0.29) is 5.82 Å². The van der Waals surface area contributed by atoms with Crippen molar-refractivity contribution in [2.24, 2.45) is 0 Å². The van der Waals surface area contributed by atoms with E-state index in [0.29, 0.717) is 17.2 Å². The zero-order valence-electron chi connectivity index (χ0n) is 13.7. The Morgan fingerprint density at radius 3 is 2.56 bits per heavy atom. The van der Waals surface area contributed by atoms with E-state index in [2.05, 4.69) is 25.4 Å². The van der Waals surface area contributed by atoms with Crippen LogP contribution in [0.1, 0.15) is 11.4 Å². The zero-order chi connectivity index (χ0) is 17.4. The number of anilines is 2. The number of aryl methyl sites for hydroxylation is 2. The highest BCUT2D eigenvalue weighted by Crippen LogP contribution is 2.25. The van der Waals surface area contributed by atoms with Crippen molar-refractivity contribution < 1.29 is 4.39 Å². The Labute approximate surface area is 143 Å². The molecule has 0 aliphatic heterocycles. The van der Waals surface area contributed by atoms with Gasteiger partial charge in [-0.25, -0.2) is 13.9 Å². The first-order valence-corrected chi connectivity index (χ1v) is 7.76. The highest BCUT2D eigenvalue weighted by atomic mass is 19.1. The molecule has 0 atom stereocenters. The summed E-state index contributed by atoms with van der Waals surface area (Å²) in [6.07, 6.45) is 6.38. The summed E-state index contributed by atoms with van der Waals surface area (Å²) in [4.78, 5) is 12.4. The standard InChI is InChI=1S/C18H15FN6/c1-11-5-15(16(19)9-20-11)13-3-4-25-14(6-13)7-17(24-25)23-18-10-21-12(2)8-22-18/h3-10H,1-2H3,(H,22,23,24). The minimum absolute atomic E-state index is 0.345. The van der Waals surface area contributed by atoms with Crippen LogP contribution in [0.15, 0.2) is 49.1 Å². The average molecular weight is 334 g/mol. The Kier molecular flexibility index (Phi) is 3.61. The lowest BCUT2D eigenvalue weighted by atomic mass is 10.1. The van der Waals surface area contributed by atoms with Gasteiger partial charge in [0.1, 0.15) is 11.6 Å². The lowest BCUT2D eigenvalue weighted by Crippen LogP contribution is -1.96. The van der Waals surface area contributed by atoms with Gasteiger partial charge in [-0.3, -0.25) is 9.97 Å². The molecule has 25 heavy (non-hydrogen) atoms. The van der Waals surface area contributed by atoms with Crippen LogP contribution in [0.2, 0.25) is 0 Å². The van der Waals surface area contributed by atoms with Gasteiger partial charge in [0, 0.05) is 23.5 Å². The largest absolute Gasteiger partial charge is 0.322 e. The molecule has 4 heterocycles. The molecule has 0 unspecified atom stereocenters. The van der Waals surface area contributed by atoms with E-state index in [1.807, 2.05) is 32.0 Å². The Bertz CT molecular complexity index is 1060. The molecule has 1 N–H and O–H groups in total. The Morgan fingerprint density at radius 1 is 0.920 bits per heavy atom. The first-order chi connectivity index (χ1) is 12.1. The monoisotopic (exact) mass is 334 g/mol. The second-order valence-corrected chi connectivity index (χ2v) is 5.79. The van der Waals surface area contributed by atoms with Crippen molar-refractivity contribution in [3.8, 4) is 11.1 Å². The Balaban J connectivity index is 1.69. The van der Waals surface area contributed by atoms with Gasteiger partial charge in [0.25, 0.3) is 0 Å². The van der Waals surface area contributed by atoms with Crippen molar-refractivity contribution in [1.82, 2.24) is 24.6 Å². The predicted octanol–water partition coefficient (Wildman–Crippen LogP) is 3.69. The average Bonchev–Trinajstić information content (AvgIpc) is 3.00. The maximum absolute atomic E-state index is 14.1. The smallest absolute Gasteiger partial charge is 0.154 e. The van der Waals surface area contributed by atoms with Crippen molar-refractivity contribution in [3.63, 3.8) is 0 Å². The number of hydrogen-bond donors (Lipinski definition) is 1. The minimum atomic E-state index is -0.345. The van der Waals surface area contributed by atoms with E-state index in [1.165, 1.54) is 6.20 Å². The number of fused-ring (bicyclic) bond motifs is 1. The molecule has 0 spiro atoms. The molecule has 0 amide bonds. The van der Waals surface area contributed by atoms with E-state index in [9.17, 15) is 4.39 Å². The van der Waals surface area contributed by atoms with Crippen molar-refractivity contribution in [3.05, 3.63) is 66.3 Å². The summed E-state index contributed by atoms with van der Waals surface area (Å²) in [5.41, 5.74) is 3.76. The number of nitrogens with one attached hydrogen (secondary N) is 1. The van der Waals surface area contributed by atoms with E-state index >= 15 is 0 Å². The molecule has 4 aromatic rings. The number of hydrogen-bond acceptors (Lipinski definition) is 5.